The van der Waals surface area contributed by atoms with Crippen molar-refractivity contribution >= 4 is 27.6 Å². The van der Waals surface area contributed by atoms with Gasteiger partial charge in [-0.05, 0) is 49.9 Å². The van der Waals surface area contributed by atoms with Crippen LogP contribution in [0.5, 0.6) is 0 Å². The lowest BCUT2D eigenvalue weighted by molar-refractivity contribution is 0.0434. The van der Waals surface area contributed by atoms with E-state index in [1.807, 2.05) is 6.92 Å². The highest BCUT2D eigenvalue weighted by Crippen LogP contribution is 2.38. The van der Waals surface area contributed by atoms with Gasteiger partial charge in [0.05, 0.1) is 29.8 Å². The molecule has 4 rings (SSSR count). The molecule has 3 aliphatic rings. The summed E-state index contributed by atoms with van der Waals surface area (Å²) in [5.74, 6) is 3.31. The van der Waals surface area contributed by atoms with Crippen LogP contribution >= 0.6 is 11.6 Å². The number of anilines is 1. The molecule has 0 spiro atoms. The van der Waals surface area contributed by atoms with Crippen LogP contribution in [0.4, 0.5) is 5.95 Å². The quantitative estimate of drug-likeness (QED) is 0.455. The number of hydrogen-bond donors (Lipinski definition) is 0. The Hall–Kier alpha value is -1.22. The third-order valence-electron chi connectivity index (χ3n) is 7.43. The number of ether oxygens (including phenoxy) is 1. The predicted molar refractivity (Wildman–Crippen MR) is 132 cm³/mol. The maximum absolute atomic E-state index is 12.4. The zero-order valence-corrected chi connectivity index (χ0v) is 21.2. The topological polar surface area (TPSA) is 75.6 Å². The van der Waals surface area contributed by atoms with Gasteiger partial charge in [-0.1, -0.05) is 37.1 Å². The third kappa shape index (κ3) is 6.47. The lowest BCUT2D eigenvalue weighted by Crippen LogP contribution is -2.41. The van der Waals surface area contributed by atoms with E-state index in [1.165, 1.54) is 0 Å². The van der Waals surface area contributed by atoms with Crippen molar-refractivity contribution in [2.24, 2.45) is 23.7 Å². The number of piperidine rings is 2. The van der Waals surface area contributed by atoms with Crippen molar-refractivity contribution in [3.05, 3.63) is 29.6 Å². The normalized spacial score (nSPS) is 25.3. The first-order valence-corrected chi connectivity index (χ1v) is 14.4. The van der Waals surface area contributed by atoms with Gasteiger partial charge in [-0.15, -0.1) is 0 Å². The van der Waals surface area contributed by atoms with Gasteiger partial charge in [0.25, 0.3) is 0 Å². The summed E-state index contributed by atoms with van der Waals surface area (Å²) in [7, 11) is -3.07. The van der Waals surface area contributed by atoms with E-state index in [0.29, 0.717) is 41.8 Å². The Balaban J connectivity index is 1.14. The van der Waals surface area contributed by atoms with Crippen LogP contribution in [0, 0.1) is 23.7 Å². The highest BCUT2D eigenvalue weighted by Gasteiger charge is 2.35. The predicted octanol–water partition coefficient (Wildman–Crippen LogP) is 4.01. The molecule has 0 saturated carbocycles. The number of aromatic nitrogens is 2. The molecule has 0 aromatic carbocycles. The zero-order chi connectivity index (χ0) is 23.3. The zero-order valence-electron chi connectivity index (χ0n) is 19.6. The minimum Gasteiger partial charge on any atom is -0.381 e. The highest BCUT2D eigenvalue weighted by molar-refractivity contribution is 7.89. The molecule has 2 fully saturated rings. The first-order chi connectivity index (χ1) is 16.0. The standard InChI is InChI=1S/C24H37ClN4O3S/c1-2-3-14-33(30,31)29-12-6-19(7-13-29)17-32-18-21-4-5-23(21)20-8-10-28(11-9-20)24-26-15-22(25)16-27-24/h4-5,15-16,19-21,23H,2-3,6-14,17-18H2,1H3. The fourth-order valence-electron chi connectivity index (χ4n) is 5.20. The smallest absolute Gasteiger partial charge is 0.225 e. The molecule has 2 unspecified atom stereocenters. The van der Waals surface area contributed by atoms with E-state index in [1.54, 1.807) is 16.7 Å². The molecule has 0 amide bonds. The van der Waals surface area contributed by atoms with E-state index in [4.69, 9.17) is 16.3 Å². The molecule has 3 heterocycles. The molecular formula is C24H37ClN4O3S. The van der Waals surface area contributed by atoms with Crippen LogP contribution < -0.4 is 4.90 Å². The van der Waals surface area contributed by atoms with Gasteiger partial charge in [0.15, 0.2) is 0 Å². The molecule has 0 N–H and O–H groups in total. The van der Waals surface area contributed by atoms with Gasteiger partial charge < -0.3 is 9.64 Å². The molecule has 0 radical (unpaired) electrons. The first-order valence-electron chi connectivity index (χ1n) is 12.4. The van der Waals surface area contributed by atoms with Crippen LogP contribution in [0.25, 0.3) is 0 Å². The number of unbranched alkanes of at least 4 members (excludes halogenated alkanes) is 1. The minimum absolute atomic E-state index is 0.283. The average Bonchev–Trinajstić information content (AvgIpc) is 2.81. The summed E-state index contributed by atoms with van der Waals surface area (Å²) in [6.07, 6.45) is 13.7. The number of halogens is 1. The van der Waals surface area contributed by atoms with E-state index in [0.717, 1.165) is 70.8 Å². The molecule has 9 heteroatoms. The van der Waals surface area contributed by atoms with Gasteiger partial charge >= 0.3 is 0 Å². The van der Waals surface area contributed by atoms with Gasteiger partial charge in [0, 0.05) is 38.7 Å². The van der Waals surface area contributed by atoms with E-state index < -0.39 is 10.0 Å². The van der Waals surface area contributed by atoms with Crippen LogP contribution in [-0.4, -0.2) is 67.8 Å². The molecule has 184 valence electrons. The van der Waals surface area contributed by atoms with Gasteiger partial charge in [0.1, 0.15) is 0 Å². The first kappa shape index (κ1) is 24.9. The van der Waals surface area contributed by atoms with Gasteiger partial charge in [-0.25, -0.2) is 22.7 Å². The summed E-state index contributed by atoms with van der Waals surface area (Å²) in [6.45, 7) is 6.78. The lowest BCUT2D eigenvalue weighted by Gasteiger charge is -2.41. The van der Waals surface area contributed by atoms with E-state index in [9.17, 15) is 8.42 Å². The summed E-state index contributed by atoms with van der Waals surface area (Å²) in [6, 6.07) is 0. The molecular weight excluding hydrogens is 460 g/mol. The van der Waals surface area contributed by atoms with Crippen molar-refractivity contribution in [2.75, 3.05) is 50.0 Å². The molecule has 1 aromatic heterocycles. The molecule has 2 aliphatic heterocycles. The monoisotopic (exact) mass is 496 g/mol. The molecule has 1 aliphatic carbocycles. The lowest BCUT2D eigenvalue weighted by atomic mass is 9.71. The Morgan fingerprint density at radius 2 is 1.73 bits per heavy atom. The minimum atomic E-state index is -3.07. The van der Waals surface area contributed by atoms with Gasteiger partial charge in [0.2, 0.25) is 16.0 Å². The number of rotatable bonds is 10. The number of allylic oxidation sites excluding steroid dienone is 1. The van der Waals surface area contributed by atoms with Crippen LogP contribution in [0.2, 0.25) is 5.02 Å². The van der Waals surface area contributed by atoms with Crippen LogP contribution in [-0.2, 0) is 14.8 Å². The Kier molecular flexibility index (Phi) is 8.65. The molecule has 7 nitrogen and oxygen atoms in total. The van der Waals surface area contributed by atoms with Crippen molar-refractivity contribution in [1.29, 1.82) is 0 Å². The SMILES string of the molecule is CCCCS(=O)(=O)N1CCC(COCC2C=CC2C2CCN(c3ncc(Cl)cn3)CC2)CC1. The summed E-state index contributed by atoms with van der Waals surface area (Å²) in [5, 5.41) is 0.568. The van der Waals surface area contributed by atoms with Gasteiger partial charge in [-0.3, -0.25) is 0 Å². The Labute approximate surface area is 203 Å². The molecule has 0 bridgehead atoms. The summed E-state index contributed by atoms with van der Waals surface area (Å²) in [4.78, 5) is 10.9. The summed E-state index contributed by atoms with van der Waals surface area (Å²) >= 11 is 5.90. The number of sulfonamides is 1. The second-order valence-electron chi connectivity index (χ2n) is 9.70. The average molecular weight is 497 g/mol. The fourth-order valence-corrected chi connectivity index (χ4v) is 6.98. The van der Waals surface area contributed by atoms with Crippen molar-refractivity contribution in [2.45, 2.75) is 45.4 Å². The summed E-state index contributed by atoms with van der Waals surface area (Å²) in [5.41, 5.74) is 0. The van der Waals surface area contributed by atoms with E-state index in [2.05, 4.69) is 27.0 Å². The Morgan fingerprint density at radius 1 is 1.03 bits per heavy atom. The molecule has 2 saturated heterocycles. The van der Waals surface area contributed by atoms with Crippen LogP contribution in [0.1, 0.15) is 45.4 Å². The van der Waals surface area contributed by atoms with Crippen LogP contribution in [0.3, 0.4) is 0 Å². The fraction of sp³-hybridized carbons (Fsp3) is 0.750. The molecule has 33 heavy (non-hydrogen) atoms. The molecule has 1 aromatic rings. The maximum Gasteiger partial charge on any atom is 0.225 e. The maximum atomic E-state index is 12.4. The highest BCUT2D eigenvalue weighted by atomic mass is 35.5. The van der Waals surface area contributed by atoms with Crippen LogP contribution in [0.15, 0.2) is 24.5 Å². The van der Waals surface area contributed by atoms with Gasteiger partial charge in [-0.2, -0.15) is 0 Å². The Morgan fingerprint density at radius 3 is 2.33 bits per heavy atom. The van der Waals surface area contributed by atoms with Crippen molar-refractivity contribution in [3.8, 4) is 0 Å². The van der Waals surface area contributed by atoms with Crippen molar-refractivity contribution in [3.63, 3.8) is 0 Å². The summed E-state index contributed by atoms with van der Waals surface area (Å²) < 4.78 is 32.6. The van der Waals surface area contributed by atoms with Crippen molar-refractivity contribution in [1.82, 2.24) is 14.3 Å². The third-order valence-corrected chi connectivity index (χ3v) is 9.59. The second kappa shape index (κ2) is 11.5. The number of nitrogens with zero attached hydrogens (tertiary/aromatic N) is 4. The largest absolute Gasteiger partial charge is 0.381 e. The second-order valence-corrected chi connectivity index (χ2v) is 12.2. The molecule has 2 atom stereocenters. The van der Waals surface area contributed by atoms with E-state index >= 15 is 0 Å². The van der Waals surface area contributed by atoms with E-state index in [-0.39, 0.29) is 5.75 Å². The number of hydrogen-bond acceptors (Lipinski definition) is 6. The Bertz CT molecular complexity index is 879. The van der Waals surface area contributed by atoms with Crippen molar-refractivity contribution < 1.29 is 13.2 Å².